The standard InChI is InChI=1S/C23H16N2O5/c26-23-21(24-22(30-23)18-4-2-1-3-5-18)14-16-8-12-20(13-9-16)29-15-17-6-10-19(11-7-17)25(27)28/h1-14H,15H2/b21-14-. The van der Waals surface area contributed by atoms with Crippen LogP contribution in [0.1, 0.15) is 16.7 Å². The van der Waals surface area contributed by atoms with Crippen LogP contribution in [0.4, 0.5) is 5.69 Å². The van der Waals surface area contributed by atoms with Crippen LogP contribution in [0.3, 0.4) is 0 Å². The van der Waals surface area contributed by atoms with Crippen molar-refractivity contribution in [3.8, 4) is 5.75 Å². The van der Waals surface area contributed by atoms with Gasteiger partial charge in [0.05, 0.1) is 4.92 Å². The van der Waals surface area contributed by atoms with Crippen LogP contribution in [0, 0.1) is 10.1 Å². The number of esters is 1. The molecule has 0 saturated carbocycles. The fourth-order valence-corrected chi connectivity index (χ4v) is 2.81. The molecule has 0 aliphatic carbocycles. The molecule has 3 aromatic rings. The SMILES string of the molecule is O=C1OC(c2ccccc2)=N/C1=C\c1ccc(OCc2ccc([N+](=O)[O-])cc2)cc1. The van der Waals surface area contributed by atoms with E-state index in [2.05, 4.69) is 4.99 Å². The number of benzene rings is 3. The minimum Gasteiger partial charge on any atom is -0.489 e. The number of cyclic esters (lactones) is 1. The van der Waals surface area contributed by atoms with Crippen LogP contribution in [0.25, 0.3) is 6.08 Å². The largest absolute Gasteiger partial charge is 0.489 e. The third-order valence-corrected chi connectivity index (χ3v) is 4.38. The topological polar surface area (TPSA) is 91.0 Å². The fourth-order valence-electron chi connectivity index (χ4n) is 2.81. The summed E-state index contributed by atoms with van der Waals surface area (Å²) in [7, 11) is 0. The van der Waals surface area contributed by atoms with Gasteiger partial charge in [-0.3, -0.25) is 10.1 Å². The van der Waals surface area contributed by atoms with Gasteiger partial charge in [-0.2, -0.15) is 0 Å². The summed E-state index contributed by atoms with van der Waals surface area (Å²) >= 11 is 0. The lowest BCUT2D eigenvalue weighted by atomic mass is 10.2. The minimum atomic E-state index is -0.493. The molecular weight excluding hydrogens is 384 g/mol. The summed E-state index contributed by atoms with van der Waals surface area (Å²) in [4.78, 5) is 26.6. The second-order valence-corrected chi connectivity index (χ2v) is 6.48. The average Bonchev–Trinajstić information content (AvgIpc) is 3.14. The number of nitro benzene ring substituents is 1. The lowest BCUT2D eigenvalue weighted by molar-refractivity contribution is -0.384. The summed E-state index contributed by atoms with van der Waals surface area (Å²) in [5.74, 6) is 0.431. The lowest BCUT2D eigenvalue weighted by Gasteiger charge is -2.06. The number of non-ortho nitro benzene ring substituents is 1. The maximum atomic E-state index is 12.1. The van der Waals surface area contributed by atoms with Gasteiger partial charge in [-0.25, -0.2) is 9.79 Å². The molecule has 0 atom stereocenters. The molecule has 0 fully saturated rings. The normalized spacial score (nSPS) is 14.3. The molecule has 148 valence electrons. The number of rotatable bonds is 6. The van der Waals surface area contributed by atoms with Gasteiger partial charge in [-0.1, -0.05) is 30.3 Å². The molecule has 7 nitrogen and oxygen atoms in total. The van der Waals surface area contributed by atoms with Crippen molar-refractivity contribution in [1.82, 2.24) is 0 Å². The molecule has 1 aliphatic rings. The number of aliphatic imine (C=N–C) groups is 1. The molecule has 0 aromatic heterocycles. The van der Waals surface area contributed by atoms with Gasteiger partial charge in [-0.05, 0) is 53.6 Å². The van der Waals surface area contributed by atoms with Crippen molar-refractivity contribution in [2.75, 3.05) is 0 Å². The van der Waals surface area contributed by atoms with E-state index in [9.17, 15) is 14.9 Å². The number of nitrogens with zero attached hydrogens (tertiary/aromatic N) is 2. The van der Waals surface area contributed by atoms with Crippen molar-refractivity contribution in [2.24, 2.45) is 4.99 Å². The highest BCUT2D eigenvalue weighted by atomic mass is 16.6. The molecule has 1 heterocycles. The smallest absolute Gasteiger partial charge is 0.363 e. The third-order valence-electron chi connectivity index (χ3n) is 4.38. The van der Waals surface area contributed by atoms with Crippen molar-refractivity contribution in [3.05, 3.63) is 111 Å². The summed E-state index contributed by atoms with van der Waals surface area (Å²) in [6.07, 6.45) is 1.65. The van der Waals surface area contributed by atoms with E-state index in [1.165, 1.54) is 12.1 Å². The van der Waals surface area contributed by atoms with Gasteiger partial charge in [0, 0.05) is 17.7 Å². The van der Waals surface area contributed by atoms with Crippen LogP contribution in [0.5, 0.6) is 5.75 Å². The summed E-state index contributed by atoms with van der Waals surface area (Å²) in [6, 6.07) is 22.6. The maximum absolute atomic E-state index is 12.1. The van der Waals surface area contributed by atoms with Crippen molar-refractivity contribution in [1.29, 1.82) is 0 Å². The van der Waals surface area contributed by atoms with E-state index in [1.807, 2.05) is 42.5 Å². The van der Waals surface area contributed by atoms with Crippen LogP contribution < -0.4 is 4.74 Å². The van der Waals surface area contributed by atoms with Crippen molar-refractivity contribution < 1.29 is 19.2 Å². The molecule has 0 amide bonds. The molecule has 0 bridgehead atoms. The first kappa shape index (κ1) is 19.1. The van der Waals surface area contributed by atoms with Crippen molar-refractivity contribution >= 4 is 23.6 Å². The summed E-state index contributed by atoms with van der Waals surface area (Å²) in [6.45, 7) is 0.287. The van der Waals surface area contributed by atoms with E-state index in [1.54, 1.807) is 30.3 Å². The summed E-state index contributed by atoms with van der Waals surface area (Å²) in [5, 5.41) is 10.7. The Balaban J connectivity index is 1.41. The maximum Gasteiger partial charge on any atom is 0.363 e. The highest BCUT2D eigenvalue weighted by molar-refractivity contribution is 6.12. The Morgan fingerprint density at radius 3 is 2.33 bits per heavy atom. The Bertz CT molecular complexity index is 1130. The van der Waals surface area contributed by atoms with Gasteiger partial charge in [-0.15, -0.1) is 0 Å². The quantitative estimate of drug-likeness (QED) is 0.263. The van der Waals surface area contributed by atoms with E-state index < -0.39 is 10.9 Å². The molecule has 0 saturated heterocycles. The first-order valence-corrected chi connectivity index (χ1v) is 9.13. The lowest BCUT2D eigenvalue weighted by Crippen LogP contribution is -2.04. The molecular formula is C23H16N2O5. The fraction of sp³-hybridized carbons (Fsp3) is 0.0435. The van der Waals surface area contributed by atoms with Crippen LogP contribution in [-0.2, 0) is 16.1 Å². The molecule has 4 rings (SSSR count). The number of hydrogen-bond donors (Lipinski definition) is 0. The molecule has 0 N–H and O–H groups in total. The Hall–Kier alpha value is -4.26. The Labute approximate surface area is 172 Å². The first-order valence-electron chi connectivity index (χ1n) is 9.13. The van der Waals surface area contributed by atoms with Crippen LogP contribution >= 0.6 is 0 Å². The number of carbonyl (C=O) groups excluding carboxylic acids is 1. The Morgan fingerprint density at radius 1 is 0.967 bits per heavy atom. The second kappa shape index (κ2) is 8.40. The first-order chi connectivity index (χ1) is 14.6. The Morgan fingerprint density at radius 2 is 1.67 bits per heavy atom. The predicted molar refractivity (Wildman–Crippen MR) is 111 cm³/mol. The third kappa shape index (κ3) is 4.41. The van der Waals surface area contributed by atoms with E-state index in [0.29, 0.717) is 5.75 Å². The Kier molecular flexibility index (Phi) is 5.34. The van der Waals surface area contributed by atoms with Gasteiger partial charge in [0.1, 0.15) is 12.4 Å². The van der Waals surface area contributed by atoms with Crippen LogP contribution in [0.2, 0.25) is 0 Å². The zero-order chi connectivity index (χ0) is 20.9. The van der Waals surface area contributed by atoms with Gasteiger partial charge in [0.2, 0.25) is 5.90 Å². The average molecular weight is 400 g/mol. The summed E-state index contributed by atoms with van der Waals surface area (Å²) < 4.78 is 10.9. The number of hydrogen-bond acceptors (Lipinski definition) is 6. The molecule has 0 radical (unpaired) electrons. The molecule has 0 unspecified atom stereocenters. The van der Waals surface area contributed by atoms with E-state index in [0.717, 1.165) is 16.7 Å². The van der Waals surface area contributed by atoms with Gasteiger partial charge in [0.25, 0.3) is 5.69 Å². The molecule has 0 spiro atoms. The van der Waals surface area contributed by atoms with Crippen molar-refractivity contribution in [2.45, 2.75) is 6.61 Å². The van der Waals surface area contributed by atoms with E-state index in [4.69, 9.17) is 9.47 Å². The molecule has 1 aliphatic heterocycles. The zero-order valence-electron chi connectivity index (χ0n) is 15.7. The van der Waals surface area contributed by atoms with Crippen LogP contribution in [0.15, 0.2) is 89.6 Å². The second-order valence-electron chi connectivity index (χ2n) is 6.48. The van der Waals surface area contributed by atoms with E-state index >= 15 is 0 Å². The monoisotopic (exact) mass is 400 g/mol. The number of ether oxygens (including phenoxy) is 2. The highest BCUT2D eigenvalue weighted by Crippen LogP contribution is 2.21. The van der Waals surface area contributed by atoms with Crippen molar-refractivity contribution in [3.63, 3.8) is 0 Å². The van der Waals surface area contributed by atoms with Crippen LogP contribution in [-0.4, -0.2) is 16.8 Å². The van der Waals surface area contributed by atoms with E-state index in [-0.39, 0.29) is 23.9 Å². The van der Waals surface area contributed by atoms with Gasteiger partial charge in [0.15, 0.2) is 5.70 Å². The van der Waals surface area contributed by atoms with Gasteiger partial charge >= 0.3 is 5.97 Å². The molecule has 7 heteroatoms. The highest BCUT2D eigenvalue weighted by Gasteiger charge is 2.23. The van der Waals surface area contributed by atoms with Gasteiger partial charge < -0.3 is 9.47 Å². The molecule has 30 heavy (non-hydrogen) atoms. The molecule has 3 aromatic carbocycles. The zero-order valence-corrected chi connectivity index (χ0v) is 15.7. The number of nitro groups is 1. The number of carbonyl (C=O) groups is 1. The minimum absolute atomic E-state index is 0.0414. The summed E-state index contributed by atoms with van der Waals surface area (Å²) in [5.41, 5.74) is 2.61. The predicted octanol–water partition coefficient (Wildman–Crippen LogP) is 4.52.